The highest BCUT2D eigenvalue weighted by Gasteiger charge is 2.11. The van der Waals surface area contributed by atoms with Crippen LogP contribution in [0, 0.1) is 10.4 Å². The first-order valence-electron chi connectivity index (χ1n) is 7.11. The second kappa shape index (κ2) is 9.17. The molecule has 0 saturated heterocycles. The van der Waals surface area contributed by atoms with Gasteiger partial charge in [0.2, 0.25) is 10.5 Å². The minimum Gasteiger partial charge on any atom is -0.775 e. The van der Waals surface area contributed by atoms with Crippen molar-refractivity contribution in [3.05, 3.63) is 22.8 Å². The molecule has 12 heteroatoms. The van der Waals surface area contributed by atoms with Crippen molar-refractivity contribution < 1.29 is 18.4 Å². The highest BCUT2D eigenvalue weighted by molar-refractivity contribution is 5.09. The smallest absolute Gasteiger partial charge is 0.339 e. The third-order valence-corrected chi connectivity index (χ3v) is 3.05. The average molecular weight is 324 g/mol. The van der Waals surface area contributed by atoms with Crippen molar-refractivity contribution >= 4 is 11.8 Å². The van der Waals surface area contributed by atoms with Gasteiger partial charge in [-0.1, -0.05) is 15.8 Å². The van der Waals surface area contributed by atoms with Crippen LogP contribution in [0.15, 0.2) is 42.2 Å². The molecule has 0 spiro atoms. The van der Waals surface area contributed by atoms with Gasteiger partial charge in [0.15, 0.2) is 13.1 Å². The summed E-state index contributed by atoms with van der Waals surface area (Å²) in [4.78, 5) is 0. The molecule has 12 nitrogen and oxygen atoms in total. The molecule has 2 heterocycles. The Balaban J connectivity index is 1.53. The number of hydrogen-bond acceptors (Lipinski definition) is 10. The fourth-order valence-electron chi connectivity index (χ4n) is 2.00. The molecule has 124 valence electrons. The van der Waals surface area contributed by atoms with E-state index in [1.165, 1.54) is 12.4 Å². The zero-order valence-corrected chi connectivity index (χ0v) is 12.3. The molecule has 0 saturated carbocycles. The van der Waals surface area contributed by atoms with Crippen molar-refractivity contribution in [3.8, 4) is 0 Å². The average Bonchev–Trinajstić information content (AvgIpc) is 3.17. The largest absolute Gasteiger partial charge is 0.775 e. The number of hydrogen-bond donors (Lipinski definition) is 0. The molecule has 0 aliphatic carbocycles. The Bertz CT molecular complexity index is 583. The highest BCUT2D eigenvalue weighted by Crippen LogP contribution is 2.08. The van der Waals surface area contributed by atoms with Crippen molar-refractivity contribution in [1.82, 2.24) is 10.5 Å². The third-order valence-electron chi connectivity index (χ3n) is 3.05. The van der Waals surface area contributed by atoms with Crippen LogP contribution in [0.25, 0.3) is 0 Å². The molecule has 0 radical (unpaired) electrons. The number of unbranched alkanes of at least 4 members (excludes halogenated alkanes) is 4. The first-order valence-corrected chi connectivity index (χ1v) is 7.11. The van der Waals surface area contributed by atoms with Crippen molar-refractivity contribution in [3.63, 3.8) is 0 Å². The molecule has 0 unspecified atom stereocenters. The molecule has 0 atom stereocenters. The van der Waals surface area contributed by atoms with Crippen LogP contribution in [0.4, 0.5) is 11.8 Å². The van der Waals surface area contributed by atoms with E-state index < -0.39 is 0 Å². The van der Waals surface area contributed by atoms with Crippen LogP contribution in [0.1, 0.15) is 32.1 Å². The van der Waals surface area contributed by atoms with Gasteiger partial charge in [-0.15, -0.1) is 10.2 Å². The van der Waals surface area contributed by atoms with Crippen LogP contribution in [-0.4, -0.2) is 10.5 Å². The van der Waals surface area contributed by atoms with Crippen molar-refractivity contribution in [1.29, 1.82) is 0 Å². The van der Waals surface area contributed by atoms with Crippen LogP contribution in [0.3, 0.4) is 0 Å². The van der Waals surface area contributed by atoms with Gasteiger partial charge in [0.1, 0.15) is 0 Å². The molecular weight excluding hydrogens is 308 g/mol. The fourth-order valence-corrected chi connectivity index (χ4v) is 2.00. The first kappa shape index (κ1) is 16.5. The van der Waals surface area contributed by atoms with Gasteiger partial charge in [-0.3, -0.25) is 9.05 Å². The molecule has 0 aliphatic heterocycles. The lowest BCUT2D eigenvalue weighted by molar-refractivity contribution is -0.762. The van der Waals surface area contributed by atoms with E-state index in [0.717, 1.165) is 32.1 Å². The minimum absolute atomic E-state index is 0.0977. The molecule has 0 amide bonds. The lowest BCUT2D eigenvalue weighted by Crippen LogP contribution is -2.34. The van der Waals surface area contributed by atoms with E-state index in [9.17, 15) is 10.4 Å². The summed E-state index contributed by atoms with van der Waals surface area (Å²) in [5.41, 5.74) is 0. The summed E-state index contributed by atoms with van der Waals surface area (Å²) < 4.78 is 12.7. The van der Waals surface area contributed by atoms with E-state index in [4.69, 9.17) is 9.05 Å². The van der Waals surface area contributed by atoms with Gasteiger partial charge in [-0.2, -0.15) is 0 Å². The first-order chi connectivity index (χ1) is 11.3. The van der Waals surface area contributed by atoms with Gasteiger partial charge in [-0.05, 0) is 12.8 Å². The fraction of sp³-hybridized carbons (Fsp3) is 0.636. The maximum Gasteiger partial charge on any atom is 0.339 e. The summed E-state index contributed by atoms with van der Waals surface area (Å²) in [6, 6.07) is 0. The molecule has 0 fully saturated rings. The monoisotopic (exact) mass is 324 g/mol. The number of aromatic nitrogens is 4. The van der Waals surface area contributed by atoms with E-state index in [-0.39, 0.29) is 11.8 Å². The molecule has 2 rings (SSSR count). The summed E-state index contributed by atoms with van der Waals surface area (Å²) >= 11 is 0. The van der Waals surface area contributed by atoms with Crippen LogP contribution in [-0.2, 0) is 13.1 Å². The number of nitrogens with zero attached hydrogens (tertiary/aromatic N) is 8. The van der Waals surface area contributed by atoms with Gasteiger partial charge >= 0.3 is 11.8 Å². The number of rotatable bonds is 10. The topological polar surface area (TPSA) is 155 Å². The van der Waals surface area contributed by atoms with Crippen molar-refractivity contribution in [2.75, 3.05) is 0 Å². The molecule has 0 aliphatic rings. The quantitative estimate of drug-likeness (QED) is 0.282. The SMILES string of the molecule is [O-]/N=N/c1c[n+](CCCCCCC[n+]2cc(/N=N/[O-])on2)no1. The van der Waals surface area contributed by atoms with E-state index in [1.54, 1.807) is 9.36 Å². The zero-order valence-electron chi connectivity index (χ0n) is 12.3. The molecule has 2 aromatic heterocycles. The second-order valence-electron chi connectivity index (χ2n) is 4.74. The van der Waals surface area contributed by atoms with Crippen LogP contribution in [0.2, 0.25) is 0 Å². The van der Waals surface area contributed by atoms with E-state index >= 15 is 0 Å². The predicted octanol–water partition coefficient (Wildman–Crippen LogP) is 2.05. The van der Waals surface area contributed by atoms with Crippen LogP contribution < -0.4 is 9.36 Å². The maximum atomic E-state index is 9.93. The number of aryl methyl sites for hydroxylation is 2. The Morgan fingerprint density at radius 1 is 0.783 bits per heavy atom. The minimum atomic E-state index is 0.0977. The van der Waals surface area contributed by atoms with E-state index in [2.05, 4.69) is 31.3 Å². The molecule has 0 N–H and O–H groups in total. The highest BCUT2D eigenvalue weighted by atomic mass is 16.5. The Hall–Kier alpha value is -2.92. The lowest BCUT2D eigenvalue weighted by atomic mass is 10.1. The molecule has 0 aromatic carbocycles. The summed E-state index contributed by atoms with van der Waals surface area (Å²) in [5.74, 6) is 0.195. The van der Waals surface area contributed by atoms with Crippen LogP contribution in [0.5, 0.6) is 0 Å². The Labute approximate surface area is 130 Å². The van der Waals surface area contributed by atoms with E-state index in [0.29, 0.717) is 13.1 Å². The third kappa shape index (κ3) is 5.76. The Morgan fingerprint density at radius 3 is 1.65 bits per heavy atom. The Morgan fingerprint density at radius 2 is 1.22 bits per heavy atom. The normalized spacial score (nSPS) is 11.8. The standard InChI is InChI=1S/C11H16N8O4/c20-14-12-10-8-18(16-22-10)6-4-2-1-3-5-7-19-9-11(13-15-21)23-17-19/h8-9H,1-7H2. The van der Waals surface area contributed by atoms with Gasteiger partial charge in [0.05, 0.1) is 0 Å². The van der Waals surface area contributed by atoms with Crippen molar-refractivity contribution in [2.45, 2.75) is 45.2 Å². The van der Waals surface area contributed by atoms with Gasteiger partial charge in [0, 0.05) is 12.8 Å². The summed E-state index contributed by atoms with van der Waals surface area (Å²) in [6.07, 6.45) is 8.08. The van der Waals surface area contributed by atoms with E-state index in [1.807, 2.05) is 0 Å². The molecule has 2 aromatic rings. The summed E-state index contributed by atoms with van der Waals surface area (Å²) in [5, 5.41) is 38.5. The van der Waals surface area contributed by atoms with Gasteiger partial charge in [0.25, 0.3) is 12.4 Å². The molecule has 23 heavy (non-hydrogen) atoms. The summed E-state index contributed by atoms with van der Waals surface area (Å²) in [6.45, 7) is 1.39. The lowest BCUT2D eigenvalue weighted by Gasteiger charge is -1.95. The molecular formula is C11H16N8O4. The predicted molar refractivity (Wildman–Crippen MR) is 72.2 cm³/mol. The Kier molecular flexibility index (Phi) is 6.56. The van der Waals surface area contributed by atoms with Gasteiger partial charge < -0.3 is 10.4 Å². The maximum absolute atomic E-state index is 9.93. The molecule has 0 bridgehead atoms. The summed E-state index contributed by atoms with van der Waals surface area (Å²) in [7, 11) is 0. The zero-order chi connectivity index (χ0) is 16.3. The van der Waals surface area contributed by atoms with Crippen molar-refractivity contribution in [2.24, 2.45) is 20.8 Å². The van der Waals surface area contributed by atoms with Crippen LogP contribution >= 0.6 is 0 Å². The second-order valence-corrected chi connectivity index (χ2v) is 4.74. The van der Waals surface area contributed by atoms with Gasteiger partial charge in [-0.25, -0.2) is 10.6 Å².